The van der Waals surface area contributed by atoms with Gasteiger partial charge in [0.05, 0.1) is 0 Å². The summed E-state index contributed by atoms with van der Waals surface area (Å²) in [5.41, 5.74) is 1.39. The van der Waals surface area contributed by atoms with E-state index < -0.39 is 0 Å². The summed E-state index contributed by atoms with van der Waals surface area (Å²) in [6, 6.07) is 11.1. The van der Waals surface area contributed by atoms with E-state index in [0.717, 1.165) is 26.0 Å². The molecule has 0 radical (unpaired) electrons. The van der Waals surface area contributed by atoms with Crippen LogP contribution in [0.25, 0.3) is 0 Å². The maximum absolute atomic E-state index is 5.00. The summed E-state index contributed by atoms with van der Waals surface area (Å²) in [5.74, 6) is 0. The third-order valence-corrected chi connectivity index (χ3v) is 2.40. The quantitative estimate of drug-likeness (QED) is 0.692. The van der Waals surface area contributed by atoms with E-state index in [0.29, 0.717) is 6.04 Å². The average Bonchev–Trinajstić information content (AvgIpc) is 2.26. The van der Waals surface area contributed by atoms with Crippen molar-refractivity contribution < 1.29 is 4.74 Å². The van der Waals surface area contributed by atoms with Gasteiger partial charge in [-0.15, -0.1) is 0 Å². The van der Waals surface area contributed by atoms with Crippen LogP contribution < -0.4 is 5.32 Å². The topological polar surface area (TPSA) is 21.3 Å². The minimum Gasteiger partial charge on any atom is -0.385 e. The molecule has 0 saturated carbocycles. The Morgan fingerprint density at radius 3 is 2.67 bits per heavy atom. The number of rotatable bonds is 7. The molecule has 0 saturated heterocycles. The summed E-state index contributed by atoms with van der Waals surface area (Å²) in [5, 5.41) is 3.49. The molecule has 0 heterocycles. The monoisotopic (exact) mass is 207 g/mol. The van der Waals surface area contributed by atoms with Crippen LogP contribution in [0.4, 0.5) is 0 Å². The highest BCUT2D eigenvalue weighted by Crippen LogP contribution is 2.02. The SMILES string of the molecule is COCCCNC(C)Cc1ccccc1. The number of benzene rings is 1. The Balaban J connectivity index is 2.16. The molecule has 0 aliphatic rings. The zero-order valence-corrected chi connectivity index (χ0v) is 9.70. The number of nitrogens with one attached hydrogen (secondary N) is 1. The van der Waals surface area contributed by atoms with Crippen LogP contribution in [0.3, 0.4) is 0 Å². The van der Waals surface area contributed by atoms with Gasteiger partial charge >= 0.3 is 0 Å². The number of ether oxygens (including phenoxy) is 1. The van der Waals surface area contributed by atoms with Gasteiger partial charge in [-0.25, -0.2) is 0 Å². The summed E-state index contributed by atoms with van der Waals surface area (Å²) in [6.45, 7) is 4.09. The molecule has 0 aliphatic carbocycles. The number of hydrogen-bond acceptors (Lipinski definition) is 2. The molecular weight excluding hydrogens is 186 g/mol. The highest BCUT2D eigenvalue weighted by atomic mass is 16.5. The van der Waals surface area contributed by atoms with E-state index >= 15 is 0 Å². The molecule has 0 fully saturated rings. The molecule has 1 atom stereocenters. The third-order valence-electron chi connectivity index (χ3n) is 2.40. The molecule has 15 heavy (non-hydrogen) atoms. The first-order chi connectivity index (χ1) is 7.33. The largest absolute Gasteiger partial charge is 0.385 e. The lowest BCUT2D eigenvalue weighted by molar-refractivity contribution is 0.193. The van der Waals surface area contributed by atoms with Crippen molar-refractivity contribution in [1.82, 2.24) is 5.32 Å². The van der Waals surface area contributed by atoms with Crippen LogP contribution >= 0.6 is 0 Å². The zero-order chi connectivity index (χ0) is 10.9. The van der Waals surface area contributed by atoms with Crippen LogP contribution in [0.1, 0.15) is 18.9 Å². The van der Waals surface area contributed by atoms with Gasteiger partial charge in [-0.3, -0.25) is 0 Å². The van der Waals surface area contributed by atoms with Crippen molar-refractivity contribution >= 4 is 0 Å². The van der Waals surface area contributed by atoms with E-state index in [1.54, 1.807) is 7.11 Å². The Morgan fingerprint density at radius 2 is 2.00 bits per heavy atom. The maximum atomic E-state index is 5.00. The molecule has 0 aliphatic heterocycles. The second kappa shape index (κ2) is 7.43. The van der Waals surface area contributed by atoms with Crippen LogP contribution in [-0.2, 0) is 11.2 Å². The Kier molecular flexibility index (Phi) is 6.05. The van der Waals surface area contributed by atoms with Crippen molar-refractivity contribution in [1.29, 1.82) is 0 Å². The summed E-state index contributed by atoms with van der Waals surface area (Å²) >= 11 is 0. The zero-order valence-electron chi connectivity index (χ0n) is 9.70. The van der Waals surface area contributed by atoms with Gasteiger partial charge in [0.1, 0.15) is 0 Å². The van der Waals surface area contributed by atoms with E-state index in [-0.39, 0.29) is 0 Å². The molecule has 0 bridgehead atoms. The van der Waals surface area contributed by atoms with Crippen molar-refractivity contribution in [2.45, 2.75) is 25.8 Å². The molecule has 0 spiro atoms. The first kappa shape index (κ1) is 12.2. The predicted octanol–water partition coefficient (Wildman–Crippen LogP) is 2.24. The lowest BCUT2D eigenvalue weighted by atomic mass is 10.1. The predicted molar refractivity (Wildman–Crippen MR) is 64.1 cm³/mol. The molecule has 1 N–H and O–H groups in total. The third kappa shape index (κ3) is 5.55. The van der Waals surface area contributed by atoms with Crippen molar-refractivity contribution in [3.8, 4) is 0 Å². The van der Waals surface area contributed by atoms with Gasteiger partial charge in [-0.2, -0.15) is 0 Å². The van der Waals surface area contributed by atoms with Crippen LogP contribution in [0, 0.1) is 0 Å². The van der Waals surface area contributed by atoms with Crippen molar-refractivity contribution in [2.75, 3.05) is 20.3 Å². The summed E-state index contributed by atoms with van der Waals surface area (Å²) < 4.78 is 5.00. The summed E-state index contributed by atoms with van der Waals surface area (Å²) in [4.78, 5) is 0. The molecule has 1 aromatic carbocycles. The number of methoxy groups -OCH3 is 1. The number of hydrogen-bond donors (Lipinski definition) is 1. The highest BCUT2D eigenvalue weighted by Gasteiger charge is 2.01. The Labute approximate surface area is 92.6 Å². The molecular formula is C13H21NO. The van der Waals surface area contributed by atoms with Crippen LogP contribution in [-0.4, -0.2) is 26.3 Å². The first-order valence-electron chi connectivity index (χ1n) is 5.59. The second-order valence-corrected chi connectivity index (χ2v) is 3.89. The first-order valence-corrected chi connectivity index (χ1v) is 5.59. The lowest BCUT2D eigenvalue weighted by Gasteiger charge is -2.13. The van der Waals surface area contributed by atoms with Crippen LogP contribution in [0.15, 0.2) is 30.3 Å². The van der Waals surface area contributed by atoms with Gasteiger partial charge in [0, 0.05) is 19.8 Å². The van der Waals surface area contributed by atoms with E-state index in [2.05, 4.69) is 42.6 Å². The fourth-order valence-electron chi connectivity index (χ4n) is 1.60. The van der Waals surface area contributed by atoms with Gasteiger partial charge in [0.15, 0.2) is 0 Å². The van der Waals surface area contributed by atoms with Gasteiger partial charge in [-0.1, -0.05) is 30.3 Å². The molecule has 1 unspecified atom stereocenters. The summed E-state index contributed by atoms with van der Waals surface area (Å²) in [7, 11) is 1.74. The van der Waals surface area contributed by atoms with Crippen LogP contribution in [0.5, 0.6) is 0 Å². The standard InChI is InChI=1S/C13H21NO/c1-12(14-9-6-10-15-2)11-13-7-4-3-5-8-13/h3-5,7-8,12,14H,6,9-11H2,1-2H3. The minimum absolute atomic E-state index is 0.532. The van der Waals surface area contributed by atoms with E-state index in [1.807, 2.05) is 0 Å². The fourth-order valence-corrected chi connectivity index (χ4v) is 1.60. The van der Waals surface area contributed by atoms with Crippen molar-refractivity contribution in [3.63, 3.8) is 0 Å². The molecule has 0 aromatic heterocycles. The van der Waals surface area contributed by atoms with Crippen LogP contribution in [0.2, 0.25) is 0 Å². The maximum Gasteiger partial charge on any atom is 0.0474 e. The Morgan fingerprint density at radius 1 is 1.27 bits per heavy atom. The minimum atomic E-state index is 0.532. The molecule has 1 rings (SSSR count). The molecule has 84 valence electrons. The molecule has 1 aromatic rings. The molecule has 2 nitrogen and oxygen atoms in total. The van der Waals surface area contributed by atoms with Gasteiger partial charge in [0.2, 0.25) is 0 Å². The summed E-state index contributed by atoms with van der Waals surface area (Å²) in [6.07, 6.45) is 2.17. The van der Waals surface area contributed by atoms with Gasteiger partial charge in [-0.05, 0) is 31.9 Å². The average molecular weight is 207 g/mol. The van der Waals surface area contributed by atoms with E-state index in [9.17, 15) is 0 Å². The molecule has 2 heteroatoms. The Hall–Kier alpha value is -0.860. The van der Waals surface area contributed by atoms with Gasteiger partial charge < -0.3 is 10.1 Å². The van der Waals surface area contributed by atoms with E-state index in [1.165, 1.54) is 5.56 Å². The second-order valence-electron chi connectivity index (χ2n) is 3.89. The normalized spacial score (nSPS) is 12.7. The molecule has 0 amide bonds. The Bertz CT molecular complexity index is 248. The van der Waals surface area contributed by atoms with Gasteiger partial charge in [0.25, 0.3) is 0 Å². The highest BCUT2D eigenvalue weighted by molar-refractivity contribution is 5.15. The fraction of sp³-hybridized carbons (Fsp3) is 0.538. The smallest absolute Gasteiger partial charge is 0.0474 e. The van der Waals surface area contributed by atoms with Crippen molar-refractivity contribution in [2.24, 2.45) is 0 Å². The van der Waals surface area contributed by atoms with E-state index in [4.69, 9.17) is 4.74 Å². The van der Waals surface area contributed by atoms with Crippen molar-refractivity contribution in [3.05, 3.63) is 35.9 Å². The lowest BCUT2D eigenvalue weighted by Crippen LogP contribution is -2.29.